The quantitative estimate of drug-likeness (QED) is 0.667. The second-order valence-electron chi connectivity index (χ2n) is 3.53. The molecule has 0 aliphatic rings. The molecule has 2 heterocycles. The molecule has 0 amide bonds. The number of aromatic nitrogens is 1. The van der Waals surface area contributed by atoms with Gasteiger partial charge >= 0.3 is 0 Å². The Morgan fingerprint density at radius 3 is 3.00 bits per heavy atom. The van der Waals surface area contributed by atoms with Crippen molar-refractivity contribution in [1.82, 2.24) is 10.4 Å². The van der Waals surface area contributed by atoms with Crippen LogP contribution in [0.4, 0.5) is 0 Å². The van der Waals surface area contributed by atoms with Crippen molar-refractivity contribution >= 4 is 38.9 Å². The highest BCUT2D eigenvalue weighted by atomic mass is 79.9. The smallest absolute Gasteiger partial charge is 0.0776 e. The van der Waals surface area contributed by atoms with E-state index in [1.807, 2.05) is 11.4 Å². The Kier molecular flexibility index (Phi) is 4.53. The molecule has 0 radical (unpaired) electrons. The van der Waals surface area contributed by atoms with Crippen molar-refractivity contribution in [3.8, 4) is 0 Å². The molecular weight excluding hydrogens is 322 g/mol. The fourth-order valence-electron chi connectivity index (χ4n) is 1.55. The summed E-state index contributed by atoms with van der Waals surface area (Å²) in [6.45, 7) is 0. The van der Waals surface area contributed by atoms with Gasteiger partial charge in [0, 0.05) is 27.3 Å². The molecule has 2 aromatic rings. The number of nitrogens with zero attached hydrogens (tertiary/aromatic N) is 1. The van der Waals surface area contributed by atoms with Gasteiger partial charge in [0.2, 0.25) is 0 Å². The summed E-state index contributed by atoms with van der Waals surface area (Å²) in [4.78, 5) is 5.49. The molecule has 0 aromatic carbocycles. The summed E-state index contributed by atoms with van der Waals surface area (Å²) in [5.74, 6) is 5.57. The van der Waals surface area contributed by atoms with E-state index in [0.717, 1.165) is 16.6 Å². The molecule has 0 aliphatic heterocycles. The Morgan fingerprint density at radius 2 is 2.41 bits per heavy atom. The first-order valence-corrected chi connectivity index (χ1v) is 7.05. The van der Waals surface area contributed by atoms with Crippen LogP contribution in [0.3, 0.4) is 0 Å². The topological polar surface area (TPSA) is 50.9 Å². The van der Waals surface area contributed by atoms with Crippen LogP contribution in [0, 0.1) is 0 Å². The average Bonchev–Trinajstić information content (AvgIpc) is 2.73. The number of nitrogens with two attached hydrogens (primary N) is 1. The Bertz CT molecular complexity index is 503. The minimum Gasteiger partial charge on any atom is -0.271 e. The summed E-state index contributed by atoms with van der Waals surface area (Å²) in [7, 11) is 0. The van der Waals surface area contributed by atoms with E-state index in [2.05, 4.69) is 32.4 Å². The molecule has 6 heteroatoms. The SMILES string of the molecule is NNC(Cc1cc(Br)cs1)c1ncccc1Cl. The van der Waals surface area contributed by atoms with Gasteiger partial charge < -0.3 is 0 Å². The lowest BCUT2D eigenvalue weighted by atomic mass is 10.1. The summed E-state index contributed by atoms with van der Waals surface area (Å²) in [5, 5.41) is 2.68. The van der Waals surface area contributed by atoms with Crippen molar-refractivity contribution in [2.75, 3.05) is 0 Å². The van der Waals surface area contributed by atoms with Gasteiger partial charge in [0.25, 0.3) is 0 Å². The van der Waals surface area contributed by atoms with Gasteiger partial charge in [-0.25, -0.2) is 0 Å². The first kappa shape index (κ1) is 13.0. The maximum absolute atomic E-state index is 6.11. The van der Waals surface area contributed by atoms with Crippen molar-refractivity contribution in [2.45, 2.75) is 12.5 Å². The molecule has 0 aliphatic carbocycles. The van der Waals surface area contributed by atoms with Gasteiger partial charge in [-0.2, -0.15) is 0 Å². The number of rotatable bonds is 4. The molecular formula is C11H11BrClN3S. The number of halogens is 2. The lowest BCUT2D eigenvalue weighted by Crippen LogP contribution is -2.30. The van der Waals surface area contributed by atoms with Crippen LogP contribution in [0.15, 0.2) is 34.2 Å². The van der Waals surface area contributed by atoms with Crippen LogP contribution in [0.25, 0.3) is 0 Å². The number of nitrogens with one attached hydrogen (secondary N) is 1. The van der Waals surface area contributed by atoms with Crippen molar-refractivity contribution < 1.29 is 0 Å². The van der Waals surface area contributed by atoms with E-state index in [9.17, 15) is 0 Å². The molecule has 2 rings (SSSR count). The molecule has 0 bridgehead atoms. The molecule has 3 nitrogen and oxygen atoms in total. The maximum atomic E-state index is 6.11. The number of pyridine rings is 1. The van der Waals surface area contributed by atoms with Crippen LogP contribution in [0.5, 0.6) is 0 Å². The average molecular weight is 333 g/mol. The first-order chi connectivity index (χ1) is 8.20. The zero-order valence-corrected chi connectivity index (χ0v) is 12.0. The van der Waals surface area contributed by atoms with E-state index < -0.39 is 0 Å². The third-order valence-corrected chi connectivity index (χ3v) is 4.38. The third-order valence-electron chi connectivity index (χ3n) is 2.35. The largest absolute Gasteiger partial charge is 0.271 e. The van der Waals surface area contributed by atoms with Crippen LogP contribution < -0.4 is 11.3 Å². The lowest BCUT2D eigenvalue weighted by Gasteiger charge is -2.15. The predicted molar refractivity (Wildman–Crippen MR) is 75.0 cm³/mol. The number of thiophene rings is 1. The second-order valence-corrected chi connectivity index (χ2v) is 5.84. The van der Waals surface area contributed by atoms with E-state index in [4.69, 9.17) is 17.4 Å². The zero-order chi connectivity index (χ0) is 12.3. The van der Waals surface area contributed by atoms with E-state index in [1.54, 1.807) is 23.6 Å². The van der Waals surface area contributed by atoms with Crippen LogP contribution >= 0.6 is 38.9 Å². The van der Waals surface area contributed by atoms with Crippen molar-refractivity contribution in [3.05, 3.63) is 49.8 Å². The zero-order valence-electron chi connectivity index (χ0n) is 8.86. The number of hydrogen-bond acceptors (Lipinski definition) is 4. The van der Waals surface area contributed by atoms with Crippen molar-refractivity contribution in [3.63, 3.8) is 0 Å². The normalized spacial score (nSPS) is 12.6. The summed E-state index contributed by atoms with van der Waals surface area (Å²) in [5.41, 5.74) is 3.54. The van der Waals surface area contributed by atoms with Gasteiger partial charge in [-0.05, 0) is 34.1 Å². The highest BCUT2D eigenvalue weighted by molar-refractivity contribution is 9.10. The van der Waals surface area contributed by atoms with E-state index in [1.165, 1.54) is 4.88 Å². The summed E-state index contributed by atoms with van der Waals surface area (Å²) in [6.07, 6.45) is 2.49. The Balaban J connectivity index is 2.20. The summed E-state index contributed by atoms with van der Waals surface area (Å²) < 4.78 is 1.08. The molecule has 17 heavy (non-hydrogen) atoms. The van der Waals surface area contributed by atoms with Gasteiger partial charge in [-0.1, -0.05) is 11.6 Å². The van der Waals surface area contributed by atoms with Crippen molar-refractivity contribution in [1.29, 1.82) is 0 Å². The van der Waals surface area contributed by atoms with Gasteiger partial charge in [-0.15, -0.1) is 11.3 Å². The van der Waals surface area contributed by atoms with Gasteiger partial charge in [0.05, 0.1) is 16.8 Å². The Labute approximate surface area is 117 Å². The summed E-state index contributed by atoms with van der Waals surface area (Å²) in [6, 6.07) is 5.63. The Morgan fingerprint density at radius 1 is 1.59 bits per heavy atom. The van der Waals surface area contributed by atoms with Gasteiger partial charge in [0.1, 0.15) is 0 Å². The van der Waals surface area contributed by atoms with E-state index in [0.29, 0.717) is 5.02 Å². The summed E-state index contributed by atoms with van der Waals surface area (Å²) >= 11 is 11.2. The predicted octanol–water partition coefficient (Wildman–Crippen LogP) is 3.31. The minimum absolute atomic E-state index is 0.0748. The van der Waals surface area contributed by atoms with Crippen molar-refractivity contribution in [2.24, 2.45) is 5.84 Å². The molecule has 0 fully saturated rings. The van der Waals surface area contributed by atoms with Crippen LogP contribution in [-0.4, -0.2) is 4.98 Å². The minimum atomic E-state index is -0.0748. The monoisotopic (exact) mass is 331 g/mol. The molecule has 0 spiro atoms. The first-order valence-electron chi connectivity index (χ1n) is 5.00. The molecule has 90 valence electrons. The fraction of sp³-hybridized carbons (Fsp3) is 0.182. The standard InChI is InChI=1S/C11H11BrClN3S/c12-7-4-8(17-6-7)5-10(16-14)11-9(13)2-1-3-15-11/h1-4,6,10,16H,5,14H2. The van der Waals surface area contributed by atoms with Crippen LogP contribution in [-0.2, 0) is 6.42 Å². The molecule has 1 unspecified atom stereocenters. The highest BCUT2D eigenvalue weighted by Crippen LogP contribution is 2.27. The third kappa shape index (κ3) is 3.26. The molecule has 3 N–H and O–H groups in total. The second kappa shape index (κ2) is 5.93. The van der Waals surface area contributed by atoms with Crippen LogP contribution in [0.1, 0.15) is 16.6 Å². The Hall–Kier alpha value is -0.460. The van der Waals surface area contributed by atoms with E-state index in [-0.39, 0.29) is 6.04 Å². The van der Waals surface area contributed by atoms with Crippen LogP contribution in [0.2, 0.25) is 5.02 Å². The molecule has 1 atom stereocenters. The highest BCUT2D eigenvalue weighted by Gasteiger charge is 2.16. The van der Waals surface area contributed by atoms with E-state index >= 15 is 0 Å². The molecule has 2 aromatic heterocycles. The molecule has 0 saturated heterocycles. The fourth-order valence-corrected chi connectivity index (χ4v) is 3.30. The number of hydrazine groups is 1. The molecule has 0 saturated carbocycles. The van der Waals surface area contributed by atoms with Gasteiger partial charge in [0.15, 0.2) is 0 Å². The van der Waals surface area contributed by atoms with Gasteiger partial charge in [-0.3, -0.25) is 16.3 Å². The maximum Gasteiger partial charge on any atom is 0.0776 e. The number of hydrogen-bond donors (Lipinski definition) is 2. The lowest BCUT2D eigenvalue weighted by molar-refractivity contribution is 0.542.